The molecule has 0 aliphatic carbocycles. The zero-order valence-corrected chi connectivity index (χ0v) is 13.3. The SMILES string of the molecule is COc1ccc(-c2nccn2[C@@H]2CO[C@H]3[C@@H]2OC[C@H]3O)cc1Cl. The average molecular weight is 337 g/mol. The third-order valence-electron chi connectivity index (χ3n) is 4.44. The lowest BCUT2D eigenvalue weighted by atomic mass is 10.1. The summed E-state index contributed by atoms with van der Waals surface area (Å²) in [5, 5.41) is 10.4. The minimum absolute atomic E-state index is 0.0180. The van der Waals surface area contributed by atoms with Gasteiger partial charge < -0.3 is 23.9 Å². The van der Waals surface area contributed by atoms with Crippen molar-refractivity contribution in [3.05, 3.63) is 35.6 Å². The zero-order chi connectivity index (χ0) is 16.0. The number of benzene rings is 1. The Hall–Kier alpha value is -1.60. The third-order valence-corrected chi connectivity index (χ3v) is 4.73. The molecule has 2 aliphatic heterocycles. The first-order chi connectivity index (χ1) is 11.2. The minimum Gasteiger partial charge on any atom is -0.495 e. The van der Waals surface area contributed by atoms with Crippen LogP contribution in [0.3, 0.4) is 0 Å². The molecular weight excluding hydrogens is 320 g/mol. The molecule has 2 aromatic rings. The van der Waals surface area contributed by atoms with E-state index in [9.17, 15) is 5.11 Å². The summed E-state index contributed by atoms with van der Waals surface area (Å²) in [5.74, 6) is 1.41. The first kappa shape index (κ1) is 15.0. The average Bonchev–Trinajstić information content (AvgIpc) is 3.25. The zero-order valence-electron chi connectivity index (χ0n) is 12.6. The standard InChI is InChI=1S/C16H17ClN2O4/c1-21-13-3-2-9(6-10(13)17)16-18-4-5-19(16)11-7-22-15-12(20)8-23-14(11)15/h2-6,11-12,14-15,20H,7-8H2,1H3/t11-,12-,14-,15-/m1/s1. The summed E-state index contributed by atoms with van der Waals surface area (Å²) < 4.78 is 18.6. The number of methoxy groups -OCH3 is 1. The summed E-state index contributed by atoms with van der Waals surface area (Å²) >= 11 is 6.22. The molecule has 0 amide bonds. The Morgan fingerprint density at radius 2 is 2.13 bits per heavy atom. The van der Waals surface area contributed by atoms with Gasteiger partial charge in [-0.15, -0.1) is 0 Å². The molecule has 2 aliphatic rings. The Morgan fingerprint density at radius 3 is 2.91 bits per heavy atom. The molecule has 2 saturated heterocycles. The van der Waals surface area contributed by atoms with Gasteiger partial charge in [-0.25, -0.2) is 4.98 Å². The van der Waals surface area contributed by atoms with Crippen molar-refractivity contribution in [3.8, 4) is 17.1 Å². The highest BCUT2D eigenvalue weighted by atomic mass is 35.5. The highest BCUT2D eigenvalue weighted by Crippen LogP contribution is 2.37. The van der Waals surface area contributed by atoms with Crippen LogP contribution < -0.4 is 4.74 Å². The Balaban J connectivity index is 1.68. The molecule has 0 unspecified atom stereocenters. The number of ether oxygens (including phenoxy) is 3. The number of hydrogen-bond donors (Lipinski definition) is 1. The van der Waals surface area contributed by atoms with Gasteiger partial charge in [0.15, 0.2) is 0 Å². The summed E-state index contributed by atoms with van der Waals surface area (Å²) in [7, 11) is 1.58. The van der Waals surface area contributed by atoms with Gasteiger partial charge in [0.2, 0.25) is 0 Å². The van der Waals surface area contributed by atoms with Gasteiger partial charge in [-0.05, 0) is 18.2 Å². The number of nitrogens with zero attached hydrogens (tertiary/aromatic N) is 2. The van der Waals surface area contributed by atoms with Gasteiger partial charge in [0.05, 0.1) is 31.4 Å². The molecule has 7 heteroatoms. The predicted octanol–water partition coefficient (Wildman–Crippen LogP) is 1.91. The molecule has 122 valence electrons. The number of hydrogen-bond acceptors (Lipinski definition) is 5. The minimum atomic E-state index is -0.563. The van der Waals surface area contributed by atoms with Crippen LogP contribution in [-0.4, -0.2) is 53.3 Å². The van der Waals surface area contributed by atoms with Crippen molar-refractivity contribution in [1.82, 2.24) is 9.55 Å². The van der Waals surface area contributed by atoms with Crippen molar-refractivity contribution in [2.75, 3.05) is 20.3 Å². The summed E-state index contributed by atoms with van der Waals surface area (Å²) in [6, 6.07) is 5.55. The molecule has 0 bridgehead atoms. The van der Waals surface area contributed by atoms with Crippen LogP contribution >= 0.6 is 11.6 Å². The van der Waals surface area contributed by atoms with Gasteiger partial charge in [-0.2, -0.15) is 0 Å². The number of rotatable bonds is 3. The topological polar surface area (TPSA) is 65.7 Å². The van der Waals surface area contributed by atoms with Crippen molar-refractivity contribution < 1.29 is 19.3 Å². The molecule has 0 radical (unpaired) electrons. The summed E-state index contributed by atoms with van der Waals surface area (Å²) in [5.41, 5.74) is 0.891. The number of fused-ring (bicyclic) bond motifs is 1. The monoisotopic (exact) mass is 336 g/mol. The molecule has 2 fully saturated rings. The largest absolute Gasteiger partial charge is 0.495 e. The summed E-state index contributed by atoms with van der Waals surface area (Å²) in [6.45, 7) is 0.796. The first-order valence-electron chi connectivity index (χ1n) is 7.47. The lowest BCUT2D eigenvalue weighted by molar-refractivity contribution is 0.0172. The van der Waals surface area contributed by atoms with Crippen LogP contribution in [-0.2, 0) is 9.47 Å². The highest BCUT2D eigenvalue weighted by molar-refractivity contribution is 6.32. The van der Waals surface area contributed by atoms with Crippen LogP contribution in [0.2, 0.25) is 5.02 Å². The summed E-state index contributed by atoms with van der Waals surface area (Å²) in [6.07, 6.45) is 2.65. The number of aromatic nitrogens is 2. The van der Waals surface area contributed by atoms with Crippen molar-refractivity contribution >= 4 is 11.6 Å². The maximum atomic E-state index is 9.89. The van der Waals surface area contributed by atoms with Gasteiger partial charge in [-0.3, -0.25) is 0 Å². The van der Waals surface area contributed by atoms with E-state index in [0.29, 0.717) is 24.0 Å². The maximum absolute atomic E-state index is 9.89. The fourth-order valence-corrected chi connectivity index (χ4v) is 3.56. The second kappa shape index (κ2) is 5.79. The number of imidazole rings is 1. The lowest BCUT2D eigenvalue weighted by Crippen LogP contribution is -2.30. The van der Waals surface area contributed by atoms with Crippen LogP contribution in [0.25, 0.3) is 11.4 Å². The van der Waals surface area contributed by atoms with Crippen molar-refractivity contribution in [1.29, 1.82) is 0 Å². The Bertz CT molecular complexity index is 720. The van der Waals surface area contributed by atoms with Crippen LogP contribution in [0.15, 0.2) is 30.6 Å². The summed E-state index contributed by atoms with van der Waals surface area (Å²) in [4.78, 5) is 4.45. The van der Waals surface area contributed by atoms with Gasteiger partial charge >= 0.3 is 0 Å². The third kappa shape index (κ3) is 2.42. The van der Waals surface area contributed by atoms with Crippen LogP contribution in [0.1, 0.15) is 6.04 Å². The van der Waals surface area contributed by atoms with E-state index in [1.54, 1.807) is 13.3 Å². The molecule has 3 heterocycles. The lowest BCUT2D eigenvalue weighted by Gasteiger charge is -2.20. The molecule has 6 nitrogen and oxygen atoms in total. The number of aliphatic hydroxyl groups excluding tert-OH is 1. The van der Waals surface area contributed by atoms with Gasteiger partial charge in [0.25, 0.3) is 0 Å². The Labute approximate surface area is 138 Å². The second-order valence-corrected chi connectivity index (χ2v) is 6.15. The predicted molar refractivity (Wildman–Crippen MR) is 83.7 cm³/mol. The quantitative estimate of drug-likeness (QED) is 0.927. The van der Waals surface area contributed by atoms with Crippen molar-refractivity contribution in [2.24, 2.45) is 0 Å². The normalized spacial score (nSPS) is 29.7. The van der Waals surface area contributed by atoms with Crippen molar-refractivity contribution in [2.45, 2.75) is 24.4 Å². The molecule has 23 heavy (non-hydrogen) atoms. The van der Waals surface area contributed by atoms with E-state index in [2.05, 4.69) is 4.98 Å². The fraction of sp³-hybridized carbons (Fsp3) is 0.438. The molecule has 0 saturated carbocycles. The van der Waals surface area contributed by atoms with E-state index in [1.807, 2.05) is 29.0 Å². The molecule has 4 atom stereocenters. The smallest absolute Gasteiger partial charge is 0.140 e. The van der Waals surface area contributed by atoms with E-state index < -0.39 is 6.10 Å². The fourth-order valence-electron chi connectivity index (χ4n) is 3.31. The van der Waals surface area contributed by atoms with Crippen LogP contribution in [0.4, 0.5) is 0 Å². The molecule has 0 spiro atoms. The van der Waals surface area contributed by atoms with E-state index in [1.165, 1.54) is 0 Å². The molecular formula is C16H17ClN2O4. The van der Waals surface area contributed by atoms with E-state index in [0.717, 1.165) is 11.4 Å². The number of halogens is 1. The van der Waals surface area contributed by atoms with Gasteiger partial charge in [-0.1, -0.05) is 11.6 Å². The van der Waals surface area contributed by atoms with Crippen LogP contribution in [0.5, 0.6) is 5.75 Å². The highest BCUT2D eigenvalue weighted by Gasteiger charge is 2.48. The van der Waals surface area contributed by atoms with E-state index >= 15 is 0 Å². The van der Waals surface area contributed by atoms with Crippen molar-refractivity contribution in [3.63, 3.8) is 0 Å². The first-order valence-corrected chi connectivity index (χ1v) is 7.85. The Kier molecular flexibility index (Phi) is 3.77. The van der Waals surface area contributed by atoms with E-state index in [-0.39, 0.29) is 18.2 Å². The molecule has 1 N–H and O–H groups in total. The molecule has 1 aromatic carbocycles. The second-order valence-electron chi connectivity index (χ2n) is 5.74. The molecule has 4 rings (SSSR count). The van der Waals surface area contributed by atoms with Gasteiger partial charge in [0.1, 0.15) is 29.9 Å². The maximum Gasteiger partial charge on any atom is 0.140 e. The van der Waals surface area contributed by atoms with E-state index in [4.69, 9.17) is 25.8 Å². The Morgan fingerprint density at radius 1 is 1.30 bits per heavy atom. The van der Waals surface area contributed by atoms with Gasteiger partial charge in [0, 0.05) is 18.0 Å². The van der Waals surface area contributed by atoms with Crippen LogP contribution in [0, 0.1) is 0 Å². The molecule has 1 aromatic heterocycles. The number of aliphatic hydroxyl groups is 1.